The summed E-state index contributed by atoms with van der Waals surface area (Å²) in [5, 5.41) is 15.2. The van der Waals surface area contributed by atoms with E-state index >= 15 is 0 Å². The van der Waals surface area contributed by atoms with Crippen LogP contribution >= 0.6 is 0 Å². The van der Waals surface area contributed by atoms with Crippen LogP contribution in [0.2, 0.25) is 0 Å². The minimum absolute atomic E-state index is 0.151. The first-order valence-corrected chi connectivity index (χ1v) is 10.2. The van der Waals surface area contributed by atoms with E-state index in [0.29, 0.717) is 34.1 Å². The van der Waals surface area contributed by atoms with E-state index in [9.17, 15) is 9.18 Å². The maximum absolute atomic E-state index is 13.4. The van der Waals surface area contributed by atoms with Gasteiger partial charge in [0.25, 0.3) is 0 Å². The third-order valence-electron chi connectivity index (χ3n) is 5.08. The predicted octanol–water partition coefficient (Wildman–Crippen LogP) is 4.93. The van der Waals surface area contributed by atoms with E-state index in [0.717, 1.165) is 12.8 Å². The van der Waals surface area contributed by atoms with Gasteiger partial charge in [-0.3, -0.25) is 4.79 Å². The van der Waals surface area contributed by atoms with E-state index in [-0.39, 0.29) is 17.8 Å². The molecule has 6 nitrogen and oxygen atoms in total. The van der Waals surface area contributed by atoms with Crippen molar-refractivity contribution in [2.75, 3.05) is 12.4 Å². The van der Waals surface area contributed by atoms with Crippen molar-refractivity contribution in [2.45, 2.75) is 24.9 Å². The van der Waals surface area contributed by atoms with Gasteiger partial charge in [0, 0.05) is 17.8 Å². The van der Waals surface area contributed by atoms with Crippen LogP contribution in [0.15, 0.2) is 66.7 Å². The van der Waals surface area contributed by atoms with Gasteiger partial charge < -0.3 is 20.1 Å². The first kappa shape index (κ1) is 21.2. The number of anilines is 1. The Kier molecular flexibility index (Phi) is 6.22. The van der Waals surface area contributed by atoms with Crippen LogP contribution in [0.3, 0.4) is 0 Å². The van der Waals surface area contributed by atoms with Crippen molar-refractivity contribution >= 4 is 11.6 Å². The number of hydrogen-bond acceptors (Lipinski definition) is 5. The van der Waals surface area contributed by atoms with Crippen LogP contribution in [0.25, 0.3) is 0 Å². The summed E-state index contributed by atoms with van der Waals surface area (Å²) in [6.45, 7) is 0. The van der Waals surface area contributed by atoms with Gasteiger partial charge in [0.1, 0.15) is 17.6 Å². The molecule has 1 aliphatic carbocycles. The Labute approximate surface area is 185 Å². The van der Waals surface area contributed by atoms with E-state index in [2.05, 4.69) is 16.7 Å². The molecule has 1 unspecified atom stereocenters. The van der Waals surface area contributed by atoms with Crippen molar-refractivity contribution in [3.63, 3.8) is 0 Å². The highest BCUT2D eigenvalue weighted by molar-refractivity contribution is 5.86. The van der Waals surface area contributed by atoms with Gasteiger partial charge in [0.15, 0.2) is 11.5 Å². The van der Waals surface area contributed by atoms with Crippen LogP contribution in [-0.2, 0) is 4.79 Å². The molecule has 0 saturated heterocycles. The number of nitrogens with one attached hydrogen (secondary N) is 2. The Morgan fingerprint density at radius 1 is 1.06 bits per heavy atom. The smallest absolute Gasteiger partial charge is 0.247 e. The number of amides is 1. The number of benzene rings is 3. The zero-order chi connectivity index (χ0) is 22.5. The van der Waals surface area contributed by atoms with Crippen molar-refractivity contribution < 1.29 is 18.7 Å². The molecule has 3 aromatic carbocycles. The first-order chi connectivity index (χ1) is 15.6. The summed E-state index contributed by atoms with van der Waals surface area (Å²) in [5.41, 5.74) is 1.86. The molecule has 0 radical (unpaired) electrons. The lowest BCUT2D eigenvalue weighted by Crippen LogP contribution is -2.34. The quantitative estimate of drug-likeness (QED) is 0.528. The summed E-state index contributed by atoms with van der Waals surface area (Å²) in [5.74, 6) is 1.01. The third kappa shape index (κ3) is 5.16. The molecular weight excluding hydrogens is 409 g/mol. The Morgan fingerprint density at radius 3 is 2.41 bits per heavy atom. The summed E-state index contributed by atoms with van der Waals surface area (Å²) in [6, 6.07) is 19.6. The SMILES string of the molecule is COc1cc(C#N)ccc1Oc1ccc(NC(C(=O)NC2CC2)c2ccc(F)cc2)cc1. The molecule has 1 amide bonds. The van der Waals surface area contributed by atoms with E-state index in [1.54, 1.807) is 54.6 Å². The molecule has 0 heterocycles. The van der Waals surface area contributed by atoms with E-state index in [4.69, 9.17) is 14.7 Å². The summed E-state index contributed by atoms with van der Waals surface area (Å²) >= 11 is 0. The molecular formula is C25H22FN3O3. The second kappa shape index (κ2) is 9.40. The van der Waals surface area contributed by atoms with Crippen molar-refractivity contribution in [1.82, 2.24) is 5.32 Å². The van der Waals surface area contributed by atoms with Gasteiger partial charge in [-0.1, -0.05) is 12.1 Å². The number of methoxy groups -OCH3 is 1. The first-order valence-electron chi connectivity index (χ1n) is 10.2. The average Bonchev–Trinajstić information content (AvgIpc) is 3.63. The molecule has 0 aromatic heterocycles. The molecule has 7 heteroatoms. The Bertz CT molecular complexity index is 1140. The lowest BCUT2D eigenvalue weighted by molar-refractivity contribution is -0.122. The van der Waals surface area contributed by atoms with Gasteiger partial charge in [-0.05, 0) is 66.9 Å². The topological polar surface area (TPSA) is 83.4 Å². The minimum Gasteiger partial charge on any atom is -0.493 e. The number of carbonyl (C=O) groups excluding carboxylic acids is 1. The Balaban J connectivity index is 1.50. The molecule has 1 atom stereocenters. The monoisotopic (exact) mass is 431 g/mol. The highest BCUT2D eigenvalue weighted by atomic mass is 19.1. The summed E-state index contributed by atoms with van der Waals surface area (Å²) < 4.78 is 24.5. The van der Waals surface area contributed by atoms with Crippen LogP contribution in [0.1, 0.15) is 30.0 Å². The highest BCUT2D eigenvalue weighted by Gasteiger charge is 2.28. The standard InChI is InChI=1S/C25H22FN3O3/c1-31-23-14-16(15-27)2-13-22(23)32-21-11-9-19(10-12-21)28-24(25(30)29-20-7-8-20)17-3-5-18(26)6-4-17/h2-6,9-14,20,24,28H,7-8H2,1H3,(H,29,30). The third-order valence-corrected chi connectivity index (χ3v) is 5.08. The number of ether oxygens (including phenoxy) is 2. The van der Waals surface area contributed by atoms with Gasteiger partial charge in [0.05, 0.1) is 18.7 Å². The molecule has 0 bridgehead atoms. The maximum Gasteiger partial charge on any atom is 0.247 e. The lowest BCUT2D eigenvalue weighted by atomic mass is 10.1. The molecule has 3 aromatic rings. The fourth-order valence-corrected chi connectivity index (χ4v) is 3.20. The molecule has 0 aliphatic heterocycles. The van der Waals surface area contributed by atoms with E-state index < -0.39 is 6.04 Å². The molecule has 0 spiro atoms. The Hall–Kier alpha value is -4.05. The minimum atomic E-state index is -0.651. The van der Waals surface area contributed by atoms with Gasteiger partial charge >= 0.3 is 0 Å². The van der Waals surface area contributed by atoms with Gasteiger partial charge in [-0.15, -0.1) is 0 Å². The van der Waals surface area contributed by atoms with Crippen LogP contribution < -0.4 is 20.1 Å². The summed E-state index contributed by atoms with van der Waals surface area (Å²) in [4.78, 5) is 12.8. The number of halogens is 1. The normalized spacial score (nSPS) is 13.5. The van der Waals surface area contributed by atoms with Gasteiger partial charge in [0.2, 0.25) is 5.91 Å². The Morgan fingerprint density at radius 2 is 1.78 bits per heavy atom. The zero-order valence-electron chi connectivity index (χ0n) is 17.5. The fourth-order valence-electron chi connectivity index (χ4n) is 3.20. The zero-order valence-corrected chi connectivity index (χ0v) is 17.5. The molecule has 1 fully saturated rings. The molecule has 4 rings (SSSR count). The molecule has 1 aliphatic rings. The van der Waals surface area contributed by atoms with Crippen LogP contribution in [-0.4, -0.2) is 19.1 Å². The number of carbonyl (C=O) groups is 1. The van der Waals surface area contributed by atoms with E-state index in [1.165, 1.54) is 19.2 Å². The van der Waals surface area contributed by atoms with Gasteiger partial charge in [-0.2, -0.15) is 5.26 Å². The van der Waals surface area contributed by atoms with Crippen molar-refractivity contribution in [1.29, 1.82) is 5.26 Å². The molecule has 32 heavy (non-hydrogen) atoms. The van der Waals surface area contributed by atoms with Crippen molar-refractivity contribution in [3.05, 3.63) is 83.7 Å². The number of nitriles is 1. The molecule has 2 N–H and O–H groups in total. The number of hydrogen-bond donors (Lipinski definition) is 2. The van der Waals surface area contributed by atoms with Crippen molar-refractivity contribution in [3.8, 4) is 23.3 Å². The summed E-state index contributed by atoms with van der Waals surface area (Å²) in [7, 11) is 1.51. The molecule has 1 saturated carbocycles. The largest absolute Gasteiger partial charge is 0.493 e. The maximum atomic E-state index is 13.4. The summed E-state index contributed by atoms with van der Waals surface area (Å²) in [6.07, 6.45) is 1.96. The van der Waals surface area contributed by atoms with Gasteiger partial charge in [-0.25, -0.2) is 4.39 Å². The number of rotatable bonds is 8. The second-order valence-corrected chi connectivity index (χ2v) is 7.52. The van der Waals surface area contributed by atoms with Crippen LogP contribution in [0, 0.1) is 17.1 Å². The van der Waals surface area contributed by atoms with Crippen LogP contribution in [0.5, 0.6) is 17.2 Å². The average molecular weight is 431 g/mol. The second-order valence-electron chi connectivity index (χ2n) is 7.52. The fraction of sp³-hybridized carbons (Fsp3) is 0.200. The van der Waals surface area contributed by atoms with Crippen LogP contribution in [0.4, 0.5) is 10.1 Å². The number of nitrogens with zero attached hydrogens (tertiary/aromatic N) is 1. The van der Waals surface area contributed by atoms with Crippen molar-refractivity contribution in [2.24, 2.45) is 0 Å². The predicted molar refractivity (Wildman–Crippen MR) is 118 cm³/mol. The molecule has 162 valence electrons. The lowest BCUT2D eigenvalue weighted by Gasteiger charge is -2.20. The highest BCUT2D eigenvalue weighted by Crippen LogP contribution is 2.33. The van der Waals surface area contributed by atoms with E-state index in [1.807, 2.05) is 0 Å².